The van der Waals surface area contributed by atoms with Gasteiger partial charge in [-0.15, -0.1) is 0 Å². The van der Waals surface area contributed by atoms with Crippen molar-refractivity contribution in [2.24, 2.45) is 0 Å². The second-order valence-corrected chi connectivity index (χ2v) is 4.82. The molecule has 0 spiro atoms. The van der Waals surface area contributed by atoms with E-state index in [2.05, 4.69) is 19.2 Å². The van der Waals surface area contributed by atoms with Gasteiger partial charge in [0.05, 0.1) is 0 Å². The Bertz CT molecular complexity index is 410. The average Bonchev–Trinajstić information content (AvgIpc) is 2.48. The molecule has 4 nitrogen and oxygen atoms in total. The summed E-state index contributed by atoms with van der Waals surface area (Å²) in [6.07, 6.45) is 3.87. The fraction of sp³-hybridized carbons (Fsp3) is 0.500. The summed E-state index contributed by atoms with van der Waals surface area (Å²) in [4.78, 5) is 25.8. The number of unbranched alkanes of at least 4 members (excludes halogenated alkanes) is 2. The van der Waals surface area contributed by atoms with Gasteiger partial charge in [0.1, 0.15) is 0 Å². The van der Waals surface area contributed by atoms with E-state index in [4.69, 9.17) is 0 Å². The molecular formula is C16H24N2O2. The van der Waals surface area contributed by atoms with E-state index in [0.717, 1.165) is 25.7 Å². The number of hydrogen-bond acceptors (Lipinski definition) is 2. The van der Waals surface area contributed by atoms with Gasteiger partial charge >= 0.3 is 11.8 Å². The minimum Gasteiger partial charge on any atom is -0.334 e. The van der Waals surface area contributed by atoms with Gasteiger partial charge < -0.3 is 10.2 Å². The molecule has 2 amide bonds. The highest BCUT2D eigenvalue weighted by Crippen LogP contribution is 2.06. The molecule has 1 rings (SSSR count). The maximum atomic E-state index is 12.2. The largest absolute Gasteiger partial charge is 0.334 e. The molecular weight excluding hydrogens is 252 g/mol. The lowest BCUT2D eigenvalue weighted by Gasteiger charge is -2.21. The topological polar surface area (TPSA) is 49.4 Å². The van der Waals surface area contributed by atoms with Crippen LogP contribution in [-0.4, -0.2) is 29.8 Å². The lowest BCUT2D eigenvalue weighted by Crippen LogP contribution is -2.40. The third kappa shape index (κ3) is 5.43. The van der Waals surface area contributed by atoms with E-state index in [1.165, 1.54) is 0 Å². The highest BCUT2D eigenvalue weighted by Gasteiger charge is 2.20. The molecule has 0 unspecified atom stereocenters. The van der Waals surface area contributed by atoms with Crippen LogP contribution in [0.1, 0.15) is 39.5 Å². The summed E-state index contributed by atoms with van der Waals surface area (Å²) in [7, 11) is 0. The fourth-order valence-corrected chi connectivity index (χ4v) is 1.86. The Morgan fingerprint density at radius 1 is 1.00 bits per heavy atom. The van der Waals surface area contributed by atoms with Crippen LogP contribution in [0.3, 0.4) is 0 Å². The predicted octanol–water partition coefficient (Wildman–Crippen LogP) is 3.05. The van der Waals surface area contributed by atoms with Crippen molar-refractivity contribution >= 4 is 17.5 Å². The van der Waals surface area contributed by atoms with Crippen LogP contribution in [0, 0.1) is 0 Å². The van der Waals surface area contributed by atoms with Crippen LogP contribution >= 0.6 is 0 Å². The molecule has 110 valence electrons. The van der Waals surface area contributed by atoms with Gasteiger partial charge in [0.2, 0.25) is 0 Å². The summed E-state index contributed by atoms with van der Waals surface area (Å²) < 4.78 is 0. The van der Waals surface area contributed by atoms with Crippen molar-refractivity contribution in [3.63, 3.8) is 0 Å². The molecule has 0 bridgehead atoms. The number of nitrogens with zero attached hydrogens (tertiary/aromatic N) is 1. The Labute approximate surface area is 121 Å². The van der Waals surface area contributed by atoms with E-state index in [-0.39, 0.29) is 0 Å². The predicted molar refractivity (Wildman–Crippen MR) is 81.5 cm³/mol. The Kier molecular flexibility index (Phi) is 7.40. The standard InChI is InChI=1S/C16H24N2O2/c1-3-5-12-18(13-6-4-2)16(20)15(19)17-14-10-8-7-9-11-14/h7-11H,3-6,12-13H2,1-2H3,(H,17,19). The smallest absolute Gasteiger partial charge is 0.313 e. The zero-order valence-electron chi connectivity index (χ0n) is 12.4. The molecule has 0 saturated carbocycles. The number of carbonyl (C=O) groups is 2. The van der Waals surface area contributed by atoms with E-state index in [1.54, 1.807) is 17.0 Å². The average molecular weight is 276 g/mol. The van der Waals surface area contributed by atoms with Crippen molar-refractivity contribution in [1.29, 1.82) is 0 Å². The van der Waals surface area contributed by atoms with Crippen molar-refractivity contribution in [1.82, 2.24) is 4.90 Å². The summed E-state index contributed by atoms with van der Waals surface area (Å²) >= 11 is 0. The van der Waals surface area contributed by atoms with Gasteiger partial charge in [-0.3, -0.25) is 9.59 Å². The number of anilines is 1. The second kappa shape index (κ2) is 9.13. The molecule has 0 heterocycles. The van der Waals surface area contributed by atoms with E-state index in [0.29, 0.717) is 18.8 Å². The molecule has 4 heteroatoms. The maximum Gasteiger partial charge on any atom is 0.313 e. The van der Waals surface area contributed by atoms with Crippen LogP contribution in [0.25, 0.3) is 0 Å². The SMILES string of the molecule is CCCCN(CCCC)C(=O)C(=O)Nc1ccccc1. The molecule has 1 aromatic rings. The summed E-state index contributed by atoms with van der Waals surface area (Å²) in [5.74, 6) is -0.987. The molecule has 1 aromatic carbocycles. The summed E-state index contributed by atoms with van der Waals surface area (Å²) in [6.45, 7) is 5.45. The van der Waals surface area contributed by atoms with Gasteiger partial charge in [-0.05, 0) is 25.0 Å². The number of amides is 2. The van der Waals surface area contributed by atoms with E-state index >= 15 is 0 Å². The van der Waals surface area contributed by atoms with Crippen LogP contribution in [-0.2, 0) is 9.59 Å². The first-order valence-corrected chi connectivity index (χ1v) is 7.34. The molecule has 0 atom stereocenters. The first kappa shape index (κ1) is 16.2. The molecule has 0 aliphatic rings. The van der Waals surface area contributed by atoms with E-state index < -0.39 is 11.8 Å². The van der Waals surface area contributed by atoms with Gasteiger partial charge in [0.15, 0.2) is 0 Å². The quantitative estimate of drug-likeness (QED) is 0.778. The first-order chi connectivity index (χ1) is 9.69. The molecule has 0 saturated heterocycles. The van der Waals surface area contributed by atoms with Gasteiger partial charge in [0, 0.05) is 18.8 Å². The normalized spacial score (nSPS) is 10.1. The Morgan fingerprint density at radius 3 is 2.05 bits per heavy atom. The van der Waals surface area contributed by atoms with Gasteiger partial charge in [-0.1, -0.05) is 44.9 Å². The second-order valence-electron chi connectivity index (χ2n) is 4.82. The molecule has 0 fully saturated rings. The zero-order valence-corrected chi connectivity index (χ0v) is 12.4. The maximum absolute atomic E-state index is 12.2. The van der Waals surface area contributed by atoms with E-state index in [9.17, 15) is 9.59 Å². The molecule has 0 aromatic heterocycles. The lowest BCUT2D eigenvalue weighted by molar-refractivity contribution is -0.143. The Morgan fingerprint density at radius 2 is 1.55 bits per heavy atom. The number of carbonyl (C=O) groups excluding carboxylic acids is 2. The molecule has 0 aliphatic carbocycles. The van der Waals surface area contributed by atoms with Crippen LogP contribution in [0.5, 0.6) is 0 Å². The Balaban J connectivity index is 2.60. The van der Waals surface area contributed by atoms with Gasteiger partial charge in [-0.2, -0.15) is 0 Å². The summed E-state index contributed by atoms with van der Waals surface area (Å²) in [5, 5.41) is 2.64. The minimum atomic E-state index is -0.552. The first-order valence-electron chi connectivity index (χ1n) is 7.34. The van der Waals surface area contributed by atoms with Crippen LogP contribution in [0.2, 0.25) is 0 Å². The number of para-hydroxylation sites is 1. The van der Waals surface area contributed by atoms with Crippen molar-refractivity contribution in [2.75, 3.05) is 18.4 Å². The summed E-state index contributed by atoms with van der Waals surface area (Å²) in [6, 6.07) is 9.06. The van der Waals surface area contributed by atoms with E-state index in [1.807, 2.05) is 18.2 Å². The summed E-state index contributed by atoms with van der Waals surface area (Å²) in [5.41, 5.74) is 0.650. The van der Waals surface area contributed by atoms with Crippen LogP contribution < -0.4 is 5.32 Å². The monoisotopic (exact) mass is 276 g/mol. The number of rotatable bonds is 7. The van der Waals surface area contributed by atoms with Crippen molar-refractivity contribution in [2.45, 2.75) is 39.5 Å². The Hall–Kier alpha value is -1.84. The van der Waals surface area contributed by atoms with Crippen molar-refractivity contribution < 1.29 is 9.59 Å². The van der Waals surface area contributed by atoms with Crippen molar-refractivity contribution in [3.05, 3.63) is 30.3 Å². The molecule has 0 radical (unpaired) electrons. The minimum absolute atomic E-state index is 0.434. The highest BCUT2D eigenvalue weighted by molar-refractivity contribution is 6.39. The number of benzene rings is 1. The highest BCUT2D eigenvalue weighted by atomic mass is 16.2. The van der Waals surface area contributed by atoms with Crippen molar-refractivity contribution in [3.8, 4) is 0 Å². The molecule has 1 N–H and O–H groups in total. The van der Waals surface area contributed by atoms with Gasteiger partial charge in [0.25, 0.3) is 0 Å². The van der Waals surface area contributed by atoms with Crippen LogP contribution in [0.15, 0.2) is 30.3 Å². The third-order valence-electron chi connectivity index (χ3n) is 3.08. The zero-order chi connectivity index (χ0) is 14.8. The van der Waals surface area contributed by atoms with Gasteiger partial charge in [-0.25, -0.2) is 0 Å². The molecule has 0 aliphatic heterocycles. The fourth-order valence-electron chi connectivity index (χ4n) is 1.86. The third-order valence-corrected chi connectivity index (χ3v) is 3.08. The number of hydrogen-bond donors (Lipinski definition) is 1. The lowest BCUT2D eigenvalue weighted by atomic mass is 10.2. The molecule has 20 heavy (non-hydrogen) atoms. The van der Waals surface area contributed by atoms with Crippen LogP contribution in [0.4, 0.5) is 5.69 Å². The number of nitrogens with one attached hydrogen (secondary N) is 1.